The Morgan fingerprint density at radius 1 is 0.654 bits per heavy atom. The third-order valence-corrected chi connectivity index (χ3v) is 2.25. The number of aromatic nitrogens is 1. The molecule has 0 aliphatic carbocycles. The molecule has 4 N–H and O–H groups in total. The van der Waals surface area contributed by atoms with Crippen LogP contribution in [0.15, 0.2) is 66.9 Å². The fourth-order valence-corrected chi connectivity index (χ4v) is 1.30. The molecule has 1 aromatic carbocycles. The molecule has 0 fully saturated rings. The second-order valence-electron chi connectivity index (χ2n) is 4.22. The van der Waals surface area contributed by atoms with Crippen molar-refractivity contribution < 1.29 is 39.6 Å². The van der Waals surface area contributed by atoms with Crippen molar-refractivity contribution in [3.8, 4) is 0 Å². The number of benzene rings is 1. The fourth-order valence-electron chi connectivity index (χ4n) is 1.30. The normalized spacial score (nSPS) is 9.69. The summed E-state index contributed by atoms with van der Waals surface area (Å²) in [6.45, 7) is 0. The molecular formula is C17H15NO8. The Morgan fingerprint density at radius 3 is 1.42 bits per heavy atom. The molecule has 0 atom stereocenters. The number of pyridine rings is 1. The Balaban J connectivity index is 0.000000366. The van der Waals surface area contributed by atoms with Gasteiger partial charge >= 0.3 is 23.9 Å². The largest absolute Gasteiger partial charge is 0.478 e. The molecule has 0 saturated carbocycles. The smallest absolute Gasteiger partial charge is 0.328 e. The number of aliphatic carboxylic acids is 4. The first-order valence-electron chi connectivity index (χ1n) is 6.80. The number of hydrogen-bond donors (Lipinski definition) is 4. The number of nitrogens with zero attached hydrogens (tertiary/aromatic N) is 1. The van der Waals surface area contributed by atoms with Crippen molar-refractivity contribution in [1.82, 2.24) is 4.98 Å². The number of carboxylic acids is 4. The van der Waals surface area contributed by atoms with Crippen molar-refractivity contribution >= 4 is 34.8 Å². The van der Waals surface area contributed by atoms with Crippen molar-refractivity contribution in [2.24, 2.45) is 0 Å². The third-order valence-electron chi connectivity index (χ3n) is 2.25. The van der Waals surface area contributed by atoms with Gasteiger partial charge in [-0.15, -0.1) is 0 Å². The van der Waals surface area contributed by atoms with Crippen molar-refractivity contribution in [2.45, 2.75) is 0 Å². The van der Waals surface area contributed by atoms with E-state index in [0.717, 1.165) is 5.52 Å². The number of fused-ring (bicyclic) bond motifs is 1. The summed E-state index contributed by atoms with van der Waals surface area (Å²) in [5.74, 6) is -5.03. The summed E-state index contributed by atoms with van der Waals surface area (Å²) in [6, 6.07) is 12.1. The topological polar surface area (TPSA) is 162 Å². The zero-order chi connectivity index (χ0) is 19.9. The Hall–Kier alpha value is -4.01. The maximum Gasteiger partial charge on any atom is 0.328 e. The number of rotatable bonds is 4. The van der Waals surface area contributed by atoms with Crippen LogP contribution in [0.5, 0.6) is 0 Å². The minimum absolute atomic E-state index is 0.558. The van der Waals surface area contributed by atoms with Crippen LogP contribution in [0.25, 0.3) is 10.9 Å². The first kappa shape index (κ1) is 22.0. The number of hydrogen-bond acceptors (Lipinski definition) is 5. The third kappa shape index (κ3) is 12.5. The summed E-state index contributed by atoms with van der Waals surface area (Å²) < 4.78 is 0. The van der Waals surface area contributed by atoms with Gasteiger partial charge in [0.25, 0.3) is 0 Å². The summed E-state index contributed by atoms with van der Waals surface area (Å²) in [7, 11) is 0. The Kier molecular flexibility index (Phi) is 10.5. The quantitative estimate of drug-likeness (QED) is 0.593. The lowest BCUT2D eigenvalue weighted by Gasteiger charge is -1.91. The van der Waals surface area contributed by atoms with Crippen LogP contribution in [0, 0.1) is 0 Å². The highest BCUT2D eigenvalue weighted by molar-refractivity contribution is 5.90. The van der Waals surface area contributed by atoms with E-state index in [1.807, 2.05) is 30.5 Å². The maximum atomic E-state index is 9.55. The minimum Gasteiger partial charge on any atom is -0.478 e. The van der Waals surface area contributed by atoms with E-state index in [2.05, 4.69) is 17.1 Å². The fraction of sp³-hybridized carbons (Fsp3) is 0. The van der Waals surface area contributed by atoms with Gasteiger partial charge in [-0.05, 0) is 12.1 Å². The molecule has 0 saturated heterocycles. The summed E-state index contributed by atoms with van der Waals surface area (Å²) in [5, 5.41) is 32.4. The van der Waals surface area contributed by atoms with E-state index in [4.69, 9.17) is 20.4 Å². The molecule has 9 heteroatoms. The van der Waals surface area contributed by atoms with Gasteiger partial charge in [0.05, 0.1) is 5.52 Å². The van der Waals surface area contributed by atoms with Gasteiger partial charge in [0, 0.05) is 35.9 Å². The highest BCUT2D eigenvalue weighted by Crippen LogP contribution is 2.07. The first-order valence-corrected chi connectivity index (χ1v) is 6.80. The number of para-hydroxylation sites is 1. The SMILES string of the molecule is O=C(O)/C=C\C(=O)O.O=C(O)/C=C\C(=O)O.c1ccc2ncccc2c1. The van der Waals surface area contributed by atoms with Gasteiger partial charge in [-0.3, -0.25) is 4.98 Å². The van der Waals surface area contributed by atoms with E-state index < -0.39 is 23.9 Å². The number of carboxylic acid groups (broad SMARTS) is 4. The molecule has 2 aromatic rings. The van der Waals surface area contributed by atoms with Gasteiger partial charge < -0.3 is 20.4 Å². The predicted molar refractivity (Wildman–Crippen MR) is 90.6 cm³/mol. The van der Waals surface area contributed by atoms with Crippen LogP contribution in [-0.2, 0) is 19.2 Å². The molecule has 0 amide bonds. The predicted octanol–water partition coefficient (Wildman–Crippen LogP) is 1.66. The van der Waals surface area contributed by atoms with Crippen LogP contribution in [0.1, 0.15) is 0 Å². The molecule has 2 rings (SSSR count). The average molecular weight is 361 g/mol. The molecule has 9 nitrogen and oxygen atoms in total. The Labute approximate surface area is 147 Å². The van der Waals surface area contributed by atoms with Crippen molar-refractivity contribution in [3.05, 3.63) is 66.9 Å². The number of carbonyl (C=O) groups is 4. The molecule has 136 valence electrons. The van der Waals surface area contributed by atoms with Gasteiger partial charge in [-0.25, -0.2) is 19.2 Å². The van der Waals surface area contributed by atoms with Crippen molar-refractivity contribution in [2.75, 3.05) is 0 Å². The molecule has 0 aliphatic rings. The van der Waals surface area contributed by atoms with E-state index in [-0.39, 0.29) is 0 Å². The minimum atomic E-state index is -1.26. The lowest BCUT2D eigenvalue weighted by molar-refractivity contribution is -0.134. The van der Waals surface area contributed by atoms with E-state index in [1.54, 1.807) is 0 Å². The van der Waals surface area contributed by atoms with E-state index >= 15 is 0 Å². The van der Waals surface area contributed by atoms with Gasteiger partial charge in [-0.2, -0.15) is 0 Å². The lowest BCUT2D eigenvalue weighted by Crippen LogP contribution is -1.91. The molecule has 0 unspecified atom stereocenters. The summed E-state index contributed by atoms with van der Waals surface area (Å²) in [4.78, 5) is 42.4. The Bertz CT molecular complexity index is 695. The molecule has 26 heavy (non-hydrogen) atoms. The lowest BCUT2D eigenvalue weighted by atomic mass is 10.2. The second kappa shape index (κ2) is 12.4. The van der Waals surface area contributed by atoms with Crippen LogP contribution in [-0.4, -0.2) is 49.3 Å². The standard InChI is InChI=1S/C9H7N.2C4H4O4/c1-2-6-9-8(4-1)5-3-7-10-9;2*5-3(6)1-2-4(7)8/h1-7H;2*1-2H,(H,5,6)(H,7,8)/b;2*2-1-. The van der Waals surface area contributed by atoms with Gasteiger partial charge in [-0.1, -0.05) is 24.3 Å². The maximum absolute atomic E-state index is 9.55. The summed E-state index contributed by atoms with van der Waals surface area (Å²) in [5.41, 5.74) is 1.06. The molecule has 1 aromatic heterocycles. The van der Waals surface area contributed by atoms with Crippen LogP contribution < -0.4 is 0 Å². The van der Waals surface area contributed by atoms with Crippen LogP contribution in [0.4, 0.5) is 0 Å². The van der Waals surface area contributed by atoms with Crippen LogP contribution in [0.3, 0.4) is 0 Å². The van der Waals surface area contributed by atoms with Crippen LogP contribution in [0.2, 0.25) is 0 Å². The van der Waals surface area contributed by atoms with E-state index in [1.165, 1.54) is 5.39 Å². The zero-order valence-corrected chi connectivity index (χ0v) is 13.2. The van der Waals surface area contributed by atoms with E-state index in [0.29, 0.717) is 24.3 Å². The molecular weight excluding hydrogens is 346 g/mol. The summed E-state index contributed by atoms with van der Waals surface area (Å²) >= 11 is 0. The summed E-state index contributed by atoms with van der Waals surface area (Å²) in [6.07, 6.45) is 4.04. The van der Waals surface area contributed by atoms with Gasteiger partial charge in [0.15, 0.2) is 0 Å². The van der Waals surface area contributed by atoms with Crippen molar-refractivity contribution in [3.63, 3.8) is 0 Å². The highest BCUT2D eigenvalue weighted by atomic mass is 16.4. The Morgan fingerprint density at radius 2 is 1.04 bits per heavy atom. The highest BCUT2D eigenvalue weighted by Gasteiger charge is 1.89. The zero-order valence-electron chi connectivity index (χ0n) is 13.2. The molecule has 0 spiro atoms. The van der Waals surface area contributed by atoms with Gasteiger partial charge in [0.1, 0.15) is 0 Å². The van der Waals surface area contributed by atoms with E-state index in [9.17, 15) is 19.2 Å². The molecule has 0 radical (unpaired) electrons. The van der Waals surface area contributed by atoms with Crippen LogP contribution >= 0.6 is 0 Å². The molecule has 0 aliphatic heterocycles. The molecule has 1 heterocycles. The van der Waals surface area contributed by atoms with Gasteiger partial charge in [0.2, 0.25) is 0 Å². The average Bonchev–Trinajstić information content (AvgIpc) is 2.59. The molecule has 0 bridgehead atoms. The van der Waals surface area contributed by atoms with Crippen molar-refractivity contribution in [1.29, 1.82) is 0 Å². The monoisotopic (exact) mass is 361 g/mol. The second-order valence-corrected chi connectivity index (χ2v) is 4.22. The first-order chi connectivity index (χ1) is 12.2.